The number of hydrogen-bond donors (Lipinski definition) is 0. The first-order valence-corrected chi connectivity index (χ1v) is 15.0. The van der Waals surface area contributed by atoms with Gasteiger partial charge < -0.3 is 23.7 Å². The average Bonchev–Trinajstić information content (AvgIpc) is 3.42. The number of rotatable bonds is 5. The molecule has 1 heterocycles. The van der Waals surface area contributed by atoms with Crippen LogP contribution < -0.4 is 0 Å². The number of carbonyl (C=O) groups excluding carboxylic acids is 3. The second kappa shape index (κ2) is 13.5. The van der Waals surface area contributed by atoms with E-state index in [1.807, 2.05) is 24.3 Å². The van der Waals surface area contributed by atoms with Gasteiger partial charge in [-0.15, -0.1) is 0 Å². The Bertz CT molecular complexity index is 1290. The quantitative estimate of drug-likeness (QED) is 0.216. The summed E-state index contributed by atoms with van der Waals surface area (Å²) in [4.78, 5) is 41.0. The van der Waals surface area contributed by atoms with Gasteiger partial charge in [0.2, 0.25) is 0 Å². The number of benzene rings is 2. The predicted octanol–water partition coefficient (Wildman–Crippen LogP) is 6.61. The lowest BCUT2D eigenvalue weighted by molar-refractivity contribution is -0.165. The molecule has 9 nitrogen and oxygen atoms in total. The van der Waals surface area contributed by atoms with Gasteiger partial charge >= 0.3 is 18.2 Å². The molecular weight excluding hydrogens is 550 g/mol. The Morgan fingerprint density at radius 3 is 2.21 bits per heavy atom. The number of fused-ring (bicyclic) bond motifs is 1. The molecule has 43 heavy (non-hydrogen) atoms. The van der Waals surface area contributed by atoms with E-state index in [1.54, 1.807) is 48.5 Å². The van der Waals surface area contributed by atoms with E-state index in [9.17, 15) is 14.4 Å². The SMILES string of the molecule is C[C@@H]1OC(=O)[C@@H](N(C(=O)OC(C)(C)C)C(=O)OC(C)(C)C)COC[C@H](Cc2cccc3ccccc23)[C@H]1OC1C=CCC1. The summed E-state index contributed by atoms with van der Waals surface area (Å²) in [7, 11) is 0. The van der Waals surface area contributed by atoms with Crippen LogP contribution in [0.25, 0.3) is 10.8 Å². The van der Waals surface area contributed by atoms with Crippen molar-refractivity contribution in [2.75, 3.05) is 13.2 Å². The van der Waals surface area contributed by atoms with Crippen molar-refractivity contribution in [2.24, 2.45) is 5.92 Å². The fourth-order valence-electron chi connectivity index (χ4n) is 5.41. The van der Waals surface area contributed by atoms with Gasteiger partial charge in [0.1, 0.15) is 23.4 Å². The Morgan fingerprint density at radius 2 is 1.58 bits per heavy atom. The van der Waals surface area contributed by atoms with Gasteiger partial charge in [-0.2, -0.15) is 4.90 Å². The summed E-state index contributed by atoms with van der Waals surface area (Å²) in [5.74, 6) is -0.997. The van der Waals surface area contributed by atoms with Crippen molar-refractivity contribution in [1.82, 2.24) is 4.90 Å². The maximum Gasteiger partial charge on any atom is 0.420 e. The summed E-state index contributed by atoms with van der Waals surface area (Å²) in [6.45, 7) is 11.8. The van der Waals surface area contributed by atoms with Crippen molar-refractivity contribution in [3.05, 3.63) is 60.2 Å². The number of carbonyl (C=O) groups is 3. The van der Waals surface area contributed by atoms with Gasteiger partial charge in [0.25, 0.3) is 0 Å². The van der Waals surface area contributed by atoms with E-state index in [2.05, 4.69) is 30.3 Å². The summed E-state index contributed by atoms with van der Waals surface area (Å²) in [5, 5.41) is 2.26. The number of ether oxygens (including phenoxy) is 5. The number of allylic oxidation sites excluding steroid dienone is 1. The Balaban J connectivity index is 1.66. The van der Waals surface area contributed by atoms with Gasteiger partial charge in [0.15, 0.2) is 6.04 Å². The smallest absolute Gasteiger partial charge is 0.420 e. The third kappa shape index (κ3) is 8.80. The van der Waals surface area contributed by atoms with Crippen molar-refractivity contribution in [1.29, 1.82) is 0 Å². The molecule has 2 amide bonds. The van der Waals surface area contributed by atoms with Crippen LogP contribution in [0.2, 0.25) is 0 Å². The second-order valence-corrected chi connectivity index (χ2v) is 13.3. The summed E-state index contributed by atoms with van der Waals surface area (Å²) in [5.41, 5.74) is -0.725. The zero-order valence-corrected chi connectivity index (χ0v) is 26.3. The van der Waals surface area contributed by atoms with E-state index in [1.165, 1.54) is 0 Å². The average molecular weight is 596 g/mol. The zero-order valence-electron chi connectivity index (χ0n) is 26.3. The minimum Gasteiger partial charge on any atom is -0.458 e. The minimum atomic E-state index is -1.42. The lowest BCUT2D eigenvalue weighted by Gasteiger charge is -2.33. The molecule has 1 aliphatic carbocycles. The maximum absolute atomic E-state index is 13.7. The highest BCUT2D eigenvalue weighted by molar-refractivity contribution is 5.94. The molecule has 0 bridgehead atoms. The van der Waals surface area contributed by atoms with Crippen molar-refractivity contribution in [3.63, 3.8) is 0 Å². The van der Waals surface area contributed by atoms with Gasteiger partial charge in [-0.1, -0.05) is 54.6 Å². The predicted molar refractivity (Wildman–Crippen MR) is 163 cm³/mol. The molecule has 1 aliphatic heterocycles. The van der Waals surface area contributed by atoms with E-state index in [0.29, 0.717) is 11.3 Å². The standard InChI is InChI=1S/C34H45NO8/c1-22-29(41-26-16-9-10-17-26)25(19-24-15-12-14-23-13-8-11-18-27(23)24)20-39-21-28(30(36)40-22)35(31(37)42-33(2,3)4)32(38)43-34(5,6)7/h8-9,11-16,18,22,25-26,28-29H,10,17,19-21H2,1-7H3/t22-,25-,26?,28-,29-/m0/s1. The first kappa shape index (κ1) is 32.5. The van der Waals surface area contributed by atoms with Crippen LogP contribution in [0.3, 0.4) is 0 Å². The van der Waals surface area contributed by atoms with E-state index in [4.69, 9.17) is 23.7 Å². The van der Waals surface area contributed by atoms with Crippen LogP contribution in [0.4, 0.5) is 9.59 Å². The van der Waals surface area contributed by atoms with Crippen LogP contribution in [-0.4, -0.2) is 71.8 Å². The zero-order chi connectivity index (χ0) is 31.4. The molecule has 5 atom stereocenters. The Labute approximate surface area is 254 Å². The van der Waals surface area contributed by atoms with Crippen molar-refractivity contribution in [2.45, 2.75) is 103 Å². The molecule has 1 saturated heterocycles. The van der Waals surface area contributed by atoms with Crippen LogP contribution in [0, 0.1) is 5.92 Å². The lowest BCUT2D eigenvalue weighted by atomic mass is 9.89. The monoisotopic (exact) mass is 595 g/mol. The normalized spacial score (nSPS) is 24.9. The molecule has 4 rings (SSSR count). The van der Waals surface area contributed by atoms with E-state index in [0.717, 1.165) is 29.2 Å². The van der Waals surface area contributed by atoms with Crippen molar-refractivity contribution in [3.8, 4) is 0 Å². The topological polar surface area (TPSA) is 101 Å². The van der Waals surface area contributed by atoms with Crippen LogP contribution in [0.5, 0.6) is 0 Å². The van der Waals surface area contributed by atoms with E-state index in [-0.39, 0.29) is 25.2 Å². The Kier molecular flexibility index (Phi) is 10.2. The van der Waals surface area contributed by atoms with E-state index < -0.39 is 47.6 Å². The Hall–Kier alpha value is -3.43. The van der Waals surface area contributed by atoms with Crippen molar-refractivity contribution >= 4 is 28.9 Å². The second-order valence-electron chi connectivity index (χ2n) is 13.3. The fourth-order valence-corrected chi connectivity index (χ4v) is 5.41. The molecule has 9 heteroatoms. The molecule has 2 aromatic rings. The van der Waals surface area contributed by atoms with Gasteiger partial charge in [-0.3, -0.25) is 0 Å². The first-order valence-electron chi connectivity index (χ1n) is 15.0. The fraction of sp³-hybridized carbons (Fsp3) is 0.559. The third-order valence-corrected chi connectivity index (χ3v) is 7.26. The van der Waals surface area contributed by atoms with Gasteiger partial charge in [-0.05, 0) is 84.1 Å². The van der Waals surface area contributed by atoms with Gasteiger partial charge in [0, 0.05) is 5.92 Å². The minimum absolute atomic E-state index is 0.113. The number of amides is 2. The van der Waals surface area contributed by atoms with Crippen molar-refractivity contribution < 1.29 is 38.1 Å². The molecule has 1 fully saturated rings. The highest BCUT2D eigenvalue weighted by atomic mass is 16.6. The molecule has 234 valence electrons. The van der Waals surface area contributed by atoms with Crippen LogP contribution in [-0.2, 0) is 34.9 Å². The number of nitrogens with zero attached hydrogens (tertiary/aromatic N) is 1. The lowest BCUT2D eigenvalue weighted by Crippen LogP contribution is -2.54. The molecule has 0 aromatic heterocycles. The molecular formula is C34H45NO8. The molecule has 0 radical (unpaired) electrons. The highest BCUT2D eigenvalue weighted by Gasteiger charge is 2.44. The third-order valence-electron chi connectivity index (χ3n) is 7.26. The number of cyclic esters (lactones) is 1. The van der Waals surface area contributed by atoms with E-state index >= 15 is 0 Å². The largest absolute Gasteiger partial charge is 0.458 e. The molecule has 0 N–H and O–H groups in total. The molecule has 2 aromatic carbocycles. The first-order chi connectivity index (χ1) is 20.2. The Morgan fingerprint density at radius 1 is 0.930 bits per heavy atom. The van der Waals surface area contributed by atoms with Crippen LogP contribution >= 0.6 is 0 Å². The van der Waals surface area contributed by atoms with Gasteiger partial charge in [0.05, 0.1) is 19.3 Å². The maximum atomic E-state index is 13.7. The highest BCUT2D eigenvalue weighted by Crippen LogP contribution is 2.30. The summed E-state index contributed by atoms with van der Waals surface area (Å²) in [6, 6.07) is 13.0. The molecule has 0 spiro atoms. The van der Waals surface area contributed by atoms with Crippen LogP contribution in [0.1, 0.15) is 66.9 Å². The summed E-state index contributed by atoms with van der Waals surface area (Å²) >= 11 is 0. The summed E-state index contributed by atoms with van der Waals surface area (Å²) in [6.07, 6.45) is 3.12. The summed E-state index contributed by atoms with van der Waals surface area (Å²) < 4.78 is 29.7. The van der Waals surface area contributed by atoms with Gasteiger partial charge in [-0.25, -0.2) is 14.4 Å². The number of hydrogen-bond acceptors (Lipinski definition) is 8. The molecule has 1 unspecified atom stereocenters. The van der Waals surface area contributed by atoms with Crippen LogP contribution in [0.15, 0.2) is 54.6 Å². The number of esters is 1. The molecule has 2 aliphatic rings. The molecule has 0 saturated carbocycles. The number of imide groups is 1.